The van der Waals surface area contributed by atoms with E-state index in [0.29, 0.717) is 19.4 Å². The Hall–Kier alpha value is -1.58. The van der Waals surface area contributed by atoms with Gasteiger partial charge in [0.2, 0.25) is 0 Å². The van der Waals surface area contributed by atoms with E-state index >= 15 is 0 Å². The Morgan fingerprint density at radius 3 is 1.67 bits per heavy atom. The quantitative estimate of drug-likeness (QED) is 0.0521. The molecule has 0 spiro atoms. The number of aliphatic hydroxyl groups is 8. The van der Waals surface area contributed by atoms with Gasteiger partial charge in [-0.1, -0.05) is 26.2 Å². The van der Waals surface area contributed by atoms with Gasteiger partial charge < -0.3 is 75.4 Å². The van der Waals surface area contributed by atoms with E-state index < -0.39 is 92.0 Å². The molecule has 2 aliphatic rings. The van der Waals surface area contributed by atoms with Gasteiger partial charge in [0.1, 0.15) is 36.6 Å². The second-order valence-corrected chi connectivity index (χ2v) is 11.1. The summed E-state index contributed by atoms with van der Waals surface area (Å²) in [5.74, 6) is -6.38. The molecule has 2 heterocycles. The van der Waals surface area contributed by atoms with Crippen molar-refractivity contribution in [2.45, 2.75) is 125 Å². The largest absolute Gasteiger partial charge is 0.477 e. The van der Waals surface area contributed by atoms with E-state index in [2.05, 4.69) is 6.92 Å². The maximum absolute atomic E-state index is 12.1. The molecule has 0 aliphatic carbocycles. The fourth-order valence-electron chi connectivity index (χ4n) is 4.88. The summed E-state index contributed by atoms with van der Waals surface area (Å²) < 4.78 is 26.2. The molecular weight excluding hydrogens is 606 g/mol. The molecule has 2 saturated heterocycles. The van der Waals surface area contributed by atoms with E-state index in [1.165, 1.54) is 0 Å². The average molecular weight is 660 g/mol. The normalized spacial score (nSPS) is 33.0. The van der Waals surface area contributed by atoms with Crippen LogP contribution in [0.15, 0.2) is 0 Å². The highest BCUT2D eigenvalue weighted by Crippen LogP contribution is 2.34. The van der Waals surface area contributed by atoms with E-state index in [9.17, 15) is 45.3 Å². The van der Waals surface area contributed by atoms with Gasteiger partial charge in [0.25, 0.3) is 11.6 Å². The van der Waals surface area contributed by atoms with E-state index in [1.54, 1.807) is 0 Å². The third-order valence-electron chi connectivity index (χ3n) is 7.54. The van der Waals surface area contributed by atoms with Gasteiger partial charge in [-0.3, -0.25) is 0 Å². The van der Waals surface area contributed by atoms with E-state index in [0.717, 1.165) is 39.2 Å². The first-order chi connectivity index (χ1) is 21.3. The predicted octanol–water partition coefficient (Wildman–Crippen LogP) is -2.91. The van der Waals surface area contributed by atoms with Crippen LogP contribution in [0.25, 0.3) is 0 Å². The van der Waals surface area contributed by atoms with Gasteiger partial charge in [-0.25, -0.2) is 9.59 Å². The minimum atomic E-state index is -2.16. The molecule has 0 amide bonds. The standard InChI is InChI=1S/C15H28O8.C13H25NO8/c1-3-4-5-6-7-22-15(14(20)21-2)8-10(17)12(19)13(23-15)11(18)9-16;14-4-2-1-3-5-21-13(12(19)20)6-8(16)10(18)11(22-13)9(17)7-15/h10-13,16-19H,3-9H2,1-2H3;8-11,15-18H,1-7,14H2,(H,19,20)/t10-,11-,12-,13?,15-;8-,9-,10-,11?,13-/m11/s1. The molecule has 0 radical (unpaired) electrons. The van der Waals surface area contributed by atoms with Gasteiger partial charge in [0.15, 0.2) is 0 Å². The Morgan fingerprint density at radius 1 is 0.800 bits per heavy atom. The maximum Gasteiger partial charge on any atom is 0.366 e. The summed E-state index contributed by atoms with van der Waals surface area (Å²) in [5, 5.41) is 86.3. The molecule has 0 bridgehead atoms. The Labute approximate surface area is 262 Å². The fraction of sp³-hybridized carbons (Fsp3) is 0.929. The zero-order valence-corrected chi connectivity index (χ0v) is 26.0. The number of hydrogen-bond acceptors (Lipinski definition) is 16. The van der Waals surface area contributed by atoms with Crippen molar-refractivity contribution >= 4 is 11.9 Å². The number of esters is 1. The monoisotopic (exact) mass is 659 g/mol. The summed E-state index contributed by atoms with van der Waals surface area (Å²) in [6.07, 6.45) is -6.62. The van der Waals surface area contributed by atoms with Gasteiger partial charge >= 0.3 is 11.9 Å². The van der Waals surface area contributed by atoms with Crippen LogP contribution in [-0.4, -0.2) is 158 Å². The minimum Gasteiger partial charge on any atom is -0.477 e. The maximum atomic E-state index is 12.1. The summed E-state index contributed by atoms with van der Waals surface area (Å²) >= 11 is 0. The zero-order valence-electron chi connectivity index (χ0n) is 26.0. The van der Waals surface area contributed by atoms with Crippen molar-refractivity contribution in [3.05, 3.63) is 0 Å². The lowest BCUT2D eigenvalue weighted by atomic mass is 9.92. The number of carbonyl (C=O) groups excluding carboxylic acids is 1. The second kappa shape index (κ2) is 20.6. The van der Waals surface area contributed by atoms with Gasteiger partial charge in [-0.2, -0.15) is 0 Å². The van der Waals surface area contributed by atoms with Crippen LogP contribution in [0.1, 0.15) is 64.7 Å². The predicted molar refractivity (Wildman–Crippen MR) is 153 cm³/mol. The van der Waals surface area contributed by atoms with Crippen LogP contribution >= 0.6 is 0 Å². The number of nitrogens with two attached hydrogens (primary N) is 1. The lowest BCUT2D eigenvalue weighted by Gasteiger charge is -2.44. The highest BCUT2D eigenvalue weighted by atomic mass is 16.7. The molecule has 10 atom stereocenters. The molecule has 0 saturated carbocycles. The van der Waals surface area contributed by atoms with E-state index in [-0.39, 0.29) is 19.6 Å². The minimum absolute atomic E-state index is 0.0665. The molecule has 0 aromatic carbocycles. The summed E-state index contributed by atoms with van der Waals surface area (Å²) in [5.41, 5.74) is 5.36. The third-order valence-corrected chi connectivity index (χ3v) is 7.54. The van der Waals surface area contributed by atoms with Crippen molar-refractivity contribution in [3.8, 4) is 0 Å². The molecule has 17 nitrogen and oxygen atoms in total. The Morgan fingerprint density at radius 2 is 1.24 bits per heavy atom. The number of unbranched alkanes of at least 4 members (excludes halogenated alkanes) is 5. The summed E-state index contributed by atoms with van der Waals surface area (Å²) in [7, 11) is 1.16. The molecule has 0 aromatic heterocycles. The summed E-state index contributed by atoms with van der Waals surface area (Å²) in [6, 6.07) is 0. The number of ether oxygens (including phenoxy) is 5. The molecule has 266 valence electrons. The van der Waals surface area contributed by atoms with Crippen molar-refractivity contribution in [1.29, 1.82) is 0 Å². The van der Waals surface area contributed by atoms with Crippen LogP contribution in [0.3, 0.4) is 0 Å². The van der Waals surface area contributed by atoms with E-state index in [4.69, 9.17) is 39.6 Å². The number of aliphatic carboxylic acids is 1. The highest BCUT2D eigenvalue weighted by Gasteiger charge is 2.55. The molecule has 2 aliphatic heterocycles. The van der Waals surface area contributed by atoms with Crippen LogP contribution in [0, 0.1) is 0 Å². The third kappa shape index (κ3) is 11.9. The number of aliphatic hydroxyl groups excluding tert-OH is 8. The van der Waals surface area contributed by atoms with Crippen molar-refractivity contribution < 1.29 is 79.2 Å². The smallest absolute Gasteiger partial charge is 0.366 e. The number of carboxylic acids is 1. The molecule has 0 aromatic rings. The number of carboxylic acid groups (broad SMARTS) is 1. The molecule has 2 rings (SSSR count). The SMILES string of the molecule is CCCCCCO[C@]1(C(=O)OC)C[C@@H](O)[C@@H](O)C([C@H](O)CO)O1.NCCCCCO[C@]1(C(=O)O)C[C@@H](O)[C@@H](O)C([C@H](O)CO)O1. The Balaban J connectivity index is 0.000000450. The number of hydrogen-bond donors (Lipinski definition) is 10. The molecule has 2 unspecified atom stereocenters. The van der Waals surface area contributed by atoms with E-state index in [1.807, 2.05) is 0 Å². The zero-order chi connectivity index (χ0) is 34.2. The molecule has 45 heavy (non-hydrogen) atoms. The van der Waals surface area contributed by atoms with Crippen LogP contribution < -0.4 is 5.73 Å². The van der Waals surface area contributed by atoms with Gasteiger partial charge in [-0.05, 0) is 32.2 Å². The number of rotatable bonds is 18. The van der Waals surface area contributed by atoms with Crippen LogP contribution in [-0.2, 0) is 33.3 Å². The molecule has 11 N–H and O–H groups in total. The Kier molecular flexibility index (Phi) is 19.0. The second-order valence-electron chi connectivity index (χ2n) is 11.1. The lowest BCUT2D eigenvalue weighted by Crippen LogP contribution is -2.63. The van der Waals surface area contributed by atoms with Gasteiger partial charge in [0.05, 0.1) is 45.7 Å². The van der Waals surface area contributed by atoms with Gasteiger partial charge in [-0.15, -0.1) is 0 Å². The summed E-state index contributed by atoms with van der Waals surface area (Å²) in [6.45, 7) is 1.43. The van der Waals surface area contributed by atoms with Crippen LogP contribution in [0.5, 0.6) is 0 Å². The Bertz CT molecular complexity index is 853. The number of methoxy groups -OCH3 is 1. The first kappa shape index (κ1) is 41.4. The van der Waals surface area contributed by atoms with Crippen molar-refractivity contribution in [1.82, 2.24) is 0 Å². The van der Waals surface area contributed by atoms with Crippen LogP contribution in [0.4, 0.5) is 0 Å². The lowest BCUT2D eigenvalue weighted by molar-refractivity contribution is -0.324. The van der Waals surface area contributed by atoms with Crippen molar-refractivity contribution in [2.75, 3.05) is 40.1 Å². The molecular formula is C28H53NO16. The fourth-order valence-corrected chi connectivity index (χ4v) is 4.88. The number of carbonyl (C=O) groups is 2. The highest BCUT2D eigenvalue weighted by molar-refractivity contribution is 5.78. The summed E-state index contributed by atoms with van der Waals surface area (Å²) in [4.78, 5) is 23.6. The molecule has 17 heteroatoms. The van der Waals surface area contributed by atoms with Crippen molar-refractivity contribution in [3.63, 3.8) is 0 Å². The first-order valence-electron chi connectivity index (χ1n) is 15.2. The topological polar surface area (TPSA) is 288 Å². The first-order valence-corrected chi connectivity index (χ1v) is 15.2. The van der Waals surface area contributed by atoms with Crippen molar-refractivity contribution in [2.24, 2.45) is 5.73 Å². The average Bonchev–Trinajstić information content (AvgIpc) is 3.03. The van der Waals surface area contributed by atoms with Crippen LogP contribution in [0.2, 0.25) is 0 Å². The molecule has 2 fully saturated rings. The van der Waals surface area contributed by atoms with Gasteiger partial charge in [0, 0.05) is 12.8 Å².